The predicted octanol–water partition coefficient (Wildman–Crippen LogP) is 3.78. The minimum absolute atomic E-state index is 0.0478. The average molecular weight is 335 g/mol. The average Bonchev–Trinajstić information content (AvgIpc) is 2.42. The third-order valence-corrected chi connectivity index (χ3v) is 3.57. The molecule has 0 unspecified atom stereocenters. The largest absolute Gasteiger partial charge is 0.506 e. The van der Waals surface area contributed by atoms with Gasteiger partial charge in [-0.05, 0) is 36.2 Å². The van der Waals surface area contributed by atoms with Crippen LogP contribution in [0.3, 0.4) is 0 Å². The lowest BCUT2D eigenvalue weighted by atomic mass is 10.2. The van der Waals surface area contributed by atoms with Gasteiger partial charge in [-0.25, -0.2) is 4.79 Å². The zero-order chi connectivity index (χ0) is 14.5. The fourth-order valence-corrected chi connectivity index (χ4v) is 2.16. The van der Waals surface area contributed by atoms with Crippen molar-refractivity contribution in [2.24, 2.45) is 0 Å². The first-order valence-corrected chi connectivity index (χ1v) is 6.93. The van der Waals surface area contributed by atoms with Crippen molar-refractivity contribution in [3.05, 3.63) is 58.1 Å². The van der Waals surface area contributed by atoms with E-state index in [2.05, 4.69) is 26.6 Å². The molecular weight excluding hydrogens is 320 g/mol. The fraction of sp³-hybridized carbons (Fsp3) is 0.133. The van der Waals surface area contributed by atoms with Crippen molar-refractivity contribution in [2.75, 3.05) is 5.32 Å². The SMILES string of the molecule is Cc1ccc(O)c(NC(=O)NCc2ccccc2Br)c1. The van der Waals surface area contributed by atoms with E-state index in [1.807, 2.05) is 31.2 Å². The van der Waals surface area contributed by atoms with Gasteiger partial charge in [0, 0.05) is 11.0 Å². The van der Waals surface area contributed by atoms with Gasteiger partial charge in [0.15, 0.2) is 0 Å². The highest BCUT2D eigenvalue weighted by Crippen LogP contribution is 2.23. The summed E-state index contributed by atoms with van der Waals surface area (Å²) in [5, 5.41) is 15.0. The molecule has 2 aromatic rings. The first-order valence-electron chi connectivity index (χ1n) is 6.14. The number of phenolic OH excluding ortho intramolecular Hbond substituents is 1. The van der Waals surface area contributed by atoms with E-state index < -0.39 is 0 Å². The van der Waals surface area contributed by atoms with Crippen molar-refractivity contribution in [1.82, 2.24) is 5.32 Å². The highest BCUT2D eigenvalue weighted by atomic mass is 79.9. The summed E-state index contributed by atoms with van der Waals surface area (Å²) in [6.45, 7) is 2.30. The summed E-state index contributed by atoms with van der Waals surface area (Å²) in [5.41, 5.74) is 2.34. The van der Waals surface area contributed by atoms with Gasteiger partial charge < -0.3 is 15.7 Å². The molecule has 0 fully saturated rings. The molecule has 0 aromatic heterocycles. The van der Waals surface area contributed by atoms with Gasteiger partial charge in [-0.1, -0.05) is 40.2 Å². The number of hydrogen-bond acceptors (Lipinski definition) is 2. The van der Waals surface area contributed by atoms with E-state index in [-0.39, 0.29) is 11.8 Å². The fourth-order valence-electron chi connectivity index (χ4n) is 1.73. The molecule has 0 bridgehead atoms. The lowest BCUT2D eigenvalue weighted by Crippen LogP contribution is -2.28. The second-order valence-electron chi connectivity index (χ2n) is 4.42. The molecule has 20 heavy (non-hydrogen) atoms. The summed E-state index contributed by atoms with van der Waals surface area (Å²) in [4.78, 5) is 11.8. The Kier molecular flexibility index (Phi) is 4.63. The first kappa shape index (κ1) is 14.4. The van der Waals surface area contributed by atoms with E-state index in [1.54, 1.807) is 18.2 Å². The Morgan fingerprint density at radius 3 is 2.75 bits per heavy atom. The molecule has 2 aromatic carbocycles. The zero-order valence-electron chi connectivity index (χ0n) is 11.0. The van der Waals surface area contributed by atoms with Crippen molar-refractivity contribution in [1.29, 1.82) is 0 Å². The van der Waals surface area contributed by atoms with E-state index >= 15 is 0 Å². The number of phenols is 1. The Bertz CT molecular complexity index is 629. The van der Waals surface area contributed by atoms with Crippen molar-refractivity contribution in [3.8, 4) is 5.75 Å². The normalized spacial score (nSPS) is 10.1. The maximum absolute atomic E-state index is 11.8. The highest BCUT2D eigenvalue weighted by molar-refractivity contribution is 9.10. The van der Waals surface area contributed by atoms with Gasteiger partial charge in [-0.3, -0.25) is 0 Å². The van der Waals surface area contributed by atoms with E-state index in [4.69, 9.17) is 0 Å². The minimum Gasteiger partial charge on any atom is -0.506 e. The molecule has 0 aliphatic heterocycles. The van der Waals surface area contributed by atoms with E-state index in [0.29, 0.717) is 12.2 Å². The number of anilines is 1. The van der Waals surface area contributed by atoms with Crippen LogP contribution in [0.15, 0.2) is 46.9 Å². The standard InChI is InChI=1S/C15H15BrN2O2/c1-10-6-7-14(19)13(8-10)18-15(20)17-9-11-4-2-3-5-12(11)16/h2-8,19H,9H2,1H3,(H2,17,18,20). The van der Waals surface area contributed by atoms with Gasteiger partial charge in [0.1, 0.15) is 5.75 Å². The number of hydrogen-bond donors (Lipinski definition) is 3. The van der Waals surface area contributed by atoms with Gasteiger partial charge in [0.25, 0.3) is 0 Å². The van der Waals surface area contributed by atoms with Crippen molar-refractivity contribution in [3.63, 3.8) is 0 Å². The first-order chi connectivity index (χ1) is 9.56. The molecule has 0 aliphatic carbocycles. The van der Waals surface area contributed by atoms with Crippen LogP contribution in [-0.2, 0) is 6.54 Å². The molecule has 0 saturated carbocycles. The van der Waals surface area contributed by atoms with Crippen LogP contribution in [-0.4, -0.2) is 11.1 Å². The van der Waals surface area contributed by atoms with Crippen LogP contribution in [0.1, 0.15) is 11.1 Å². The molecule has 0 heterocycles. The Morgan fingerprint density at radius 1 is 1.25 bits per heavy atom. The number of aromatic hydroxyl groups is 1. The summed E-state index contributed by atoms with van der Waals surface area (Å²) in [7, 11) is 0. The van der Waals surface area contributed by atoms with Crippen LogP contribution in [0, 0.1) is 6.92 Å². The van der Waals surface area contributed by atoms with Gasteiger partial charge in [-0.2, -0.15) is 0 Å². The topological polar surface area (TPSA) is 61.4 Å². The number of urea groups is 1. The lowest BCUT2D eigenvalue weighted by Gasteiger charge is -2.10. The highest BCUT2D eigenvalue weighted by Gasteiger charge is 2.07. The maximum atomic E-state index is 11.8. The van der Waals surface area contributed by atoms with Gasteiger partial charge >= 0.3 is 6.03 Å². The van der Waals surface area contributed by atoms with E-state index in [9.17, 15) is 9.90 Å². The summed E-state index contributed by atoms with van der Waals surface area (Å²) in [6, 6.07) is 12.4. The van der Waals surface area contributed by atoms with Crippen molar-refractivity contribution in [2.45, 2.75) is 13.5 Å². The Balaban J connectivity index is 1.96. The Hall–Kier alpha value is -2.01. The Morgan fingerprint density at radius 2 is 2.00 bits per heavy atom. The summed E-state index contributed by atoms with van der Waals surface area (Å²) >= 11 is 3.42. The maximum Gasteiger partial charge on any atom is 0.319 e. The predicted molar refractivity (Wildman–Crippen MR) is 82.8 cm³/mol. The van der Waals surface area contributed by atoms with Gasteiger partial charge in [0.05, 0.1) is 5.69 Å². The smallest absolute Gasteiger partial charge is 0.319 e. The number of aryl methyl sites for hydroxylation is 1. The van der Waals surface area contributed by atoms with Gasteiger partial charge in [-0.15, -0.1) is 0 Å². The van der Waals surface area contributed by atoms with Crippen LogP contribution in [0.25, 0.3) is 0 Å². The molecule has 0 saturated heterocycles. The number of rotatable bonds is 3. The second-order valence-corrected chi connectivity index (χ2v) is 5.27. The molecule has 0 spiro atoms. The number of carbonyl (C=O) groups is 1. The molecule has 5 heteroatoms. The second kappa shape index (κ2) is 6.43. The summed E-state index contributed by atoms with van der Waals surface area (Å²) in [5.74, 6) is 0.0478. The zero-order valence-corrected chi connectivity index (χ0v) is 12.6. The monoisotopic (exact) mass is 334 g/mol. The number of amides is 2. The van der Waals surface area contributed by atoms with Crippen LogP contribution >= 0.6 is 15.9 Å². The Labute approximate surface area is 126 Å². The van der Waals surface area contributed by atoms with Gasteiger partial charge in [0.2, 0.25) is 0 Å². The number of benzene rings is 2. The quantitative estimate of drug-likeness (QED) is 0.748. The van der Waals surface area contributed by atoms with Crippen LogP contribution in [0.2, 0.25) is 0 Å². The molecule has 2 rings (SSSR count). The molecule has 0 radical (unpaired) electrons. The third-order valence-electron chi connectivity index (χ3n) is 2.80. The summed E-state index contributed by atoms with van der Waals surface area (Å²) < 4.78 is 0.943. The van der Waals surface area contributed by atoms with E-state index in [0.717, 1.165) is 15.6 Å². The lowest BCUT2D eigenvalue weighted by molar-refractivity contribution is 0.251. The van der Waals surface area contributed by atoms with Crippen molar-refractivity contribution < 1.29 is 9.90 Å². The molecule has 3 N–H and O–H groups in total. The van der Waals surface area contributed by atoms with E-state index in [1.165, 1.54) is 0 Å². The van der Waals surface area contributed by atoms with Crippen LogP contribution in [0.4, 0.5) is 10.5 Å². The number of nitrogens with one attached hydrogen (secondary N) is 2. The number of halogens is 1. The minimum atomic E-state index is -0.360. The van der Waals surface area contributed by atoms with Crippen LogP contribution < -0.4 is 10.6 Å². The molecule has 4 nitrogen and oxygen atoms in total. The third kappa shape index (κ3) is 3.74. The molecule has 2 amide bonds. The molecule has 0 aliphatic rings. The molecule has 104 valence electrons. The number of carbonyl (C=O) groups excluding carboxylic acids is 1. The molecule has 0 atom stereocenters. The van der Waals surface area contributed by atoms with Crippen molar-refractivity contribution >= 4 is 27.6 Å². The molecular formula is C15H15BrN2O2. The van der Waals surface area contributed by atoms with Crippen LogP contribution in [0.5, 0.6) is 5.75 Å². The summed E-state index contributed by atoms with van der Waals surface area (Å²) in [6.07, 6.45) is 0.